The second kappa shape index (κ2) is 11.2. The maximum Gasteiger partial charge on any atom is 0.411 e. The van der Waals surface area contributed by atoms with Crippen LogP contribution in [-0.2, 0) is 14.3 Å². The summed E-state index contributed by atoms with van der Waals surface area (Å²) in [6.07, 6.45) is -0.677. The minimum absolute atomic E-state index is 0.0453. The number of ether oxygens (including phenoxy) is 2. The lowest BCUT2D eigenvalue weighted by atomic mass is 9.98. The number of hydrogen-bond acceptors (Lipinski definition) is 5. The summed E-state index contributed by atoms with van der Waals surface area (Å²) in [4.78, 5) is 35.8. The first-order valence-electron chi connectivity index (χ1n) is 10.9. The minimum Gasteiger partial charge on any atom is -0.480 e. The van der Waals surface area contributed by atoms with Crippen LogP contribution in [0, 0.1) is 0 Å². The van der Waals surface area contributed by atoms with Crippen LogP contribution < -0.4 is 10.6 Å². The molecular weight excluding hydrogens is 516 g/mol. The van der Waals surface area contributed by atoms with Gasteiger partial charge in [-0.15, -0.1) is 0 Å². The lowest BCUT2D eigenvalue weighted by Crippen LogP contribution is -2.29. The van der Waals surface area contributed by atoms with Crippen LogP contribution in [0.2, 0.25) is 0 Å². The average molecular weight is 539 g/mol. The zero-order chi connectivity index (χ0) is 24.8. The summed E-state index contributed by atoms with van der Waals surface area (Å²) in [5.74, 6) is -1.60. The number of carboxylic acid groups (broad SMARTS) is 1. The van der Waals surface area contributed by atoms with Crippen molar-refractivity contribution in [3.63, 3.8) is 0 Å². The van der Waals surface area contributed by atoms with Crippen LogP contribution in [0.4, 0.5) is 10.5 Å². The van der Waals surface area contributed by atoms with Gasteiger partial charge in [-0.05, 0) is 40.5 Å². The Bertz CT molecular complexity index is 1220. The molecular formula is C26H23BrN2O6. The van der Waals surface area contributed by atoms with E-state index in [0.717, 1.165) is 22.3 Å². The summed E-state index contributed by atoms with van der Waals surface area (Å²) in [6.45, 7) is -0.130. The summed E-state index contributed by atoms with van der Waals surface area (Å²) >= 11 is 3.35. The van der Waals surface area contributed by atoms with Crippen molar-refractivity contribution in [1.82, 2.24) is 5.32 Å². The third-order valence-electron chi connectivity index (χ3n) is 5.56. The van der Waals surface area contributed by atoms with Crippen molar-refractivity contribution in [3.05, 3.63) is 87.9 Å². The van der Waals surface area contributed by atoms with E-state index in [9.17, 15) is 14.4 Å². The first-order valence-corrected chi connectivity index (χ1v) is 11.7. The number of aliphatic carboxylic acids is 1. The number of benzene rings is 3. The molecule has 8 nitrogen and oxygen atoms in total. The number of hydrogen-bond donors (Lipinski definition) is 3. The summed E-state index contributed by atoms with van der Waals surface area (Å²) in [7, 11) is 0. The molecule has 0 saturated heterocycles. The first-order chi connectivity index (χ1) is 16.9. The van der Waals surface area contributed by atoms with E-state index in [-0.39, 0.29) is 36.9 Å². The number of halogens is 1. The number of amides is 2. The van der Waals surface area contributed by atoms with Gasteiger partial charge in [-0.1, -0.05) is 64.5 Å². The Hall–Kier alpha value is -3.69. The molecule has 180 valence electrons. The number of anilines is 1. The van der Waals surface area contributed by atoms with Gasteiger partial charge in [-0.25, -0.2) is 9.59 Å². The van der Waals surface area contributed by atoms with Gasteiger partial charge in [0, 0.05) is 16.9 Å². The third-order valence-corrected chi connectivity index (χ3v) is 6.06. The molecule has 3 aromatic carbocycles. The number of carbonyl (C=O) groups excluding carboxylic acids is 2. The van der Waals surface area contributed by atoms with Crippen molar-refractivity contribution < 1.29 is 29.0 Å². The van der Waals surface area contributed by atoms with Gasteiger partial charge in [0.05, 0.1) is 17.9 Å². The van der Waals surface area contributed by atoms with Crippen LogP contribution in [0.3, 0.4) is 0 Å². The smallest absolute Gasteiger partial charge is 0.411 e. The number of carboxylic acids is 1. The lowest BCUT2D eigenvalue weighted by Gasteiger charge is -2.16. The topological polar surface area (TPSA) is 114 Å². The van der Waals surface area contributed by atoms with Crippen LogP contribution in [0.5, 0.6) is 0 Å². The van der Waals surface area contributed by atoms with Crippen LogP contribution >= 0.6 is 15.9 Å². The molecule has 1 aliphatic carbocycles. The van der Waals surface area contributed by atoms with E-state index in [2.05, 4.69) is 38.7 Å². The van der Waals surface area contributed by atoms with Gasteiger partial charge < -0.3 is 19.9 Å². The largest absolute Gasteiger partial charge is 0.480 e. The van der Waals surface area contributed by atoms with Gasteiger partial charge >= 0.3 is 12.1 Å². The molecule has 0 fully saturated rings. The molecule has 0 aliphatic heterocycles. The molecule has 0 unspecified atom stereocenters. The number of rotatable bonds is 9. The maximum atomic E-state index is 12.7. The highest BCUT2D eigenvalue weighted by Crippen LogP contribution is 2.44. The molecule has 0 atom stereocenters. The van der Waals surface area contributed by atoms with Crippen LogP contribution in [0.15, 0.2) is 71.2 Å². The quantitative estimate of drug-likeness (QED) is 0.342. The van der Waals surface area contributed by atoms with Crippen molar-refractivity contribution >= 4 is 39.6 Å². The fraction of sp³-hybridized carbons (Fsp3) is 0.192. The molecule has 1 aliphatic rings. The fourth-order valence-corrected chi connectivity index (χ4v) is 4.41. The predicted octanol–water partition coefficient (Wildman–Crippen LogP) is 4.64. The van der Waals surface area contributed by atoms with E-state index in [1.807, 2.05) is 36.4 Å². The molecule has 3 aromatic rings. The molecule has 0 spiro atoms. The van der Waals surface area contributed by atoms with E-state index >= 15 is 0 Å². The first kappa shape index (κ1) is 24.4. The second-order valence-corrected chi connectivity index (χ2v) is 8.76. The van der Waals surface area contributed by atoms with Crippen molar-refractivity contribution in [3.8, 4) is 11.1 Å². The third kappa shape index (κ3) is 5.87. The Labute approximate surface area is 210 Å². The highest BCUT2D eigenvalue weighted by Gasteiger charge is 2.29. The molecule has 35 heavy (non-hydrogen) atoms. The van der Waals surface area contributed by atoms with Gasteiger partial charge in [-0.3, -0.25) is 10.1 Å². The Morgan fingerprint density at radius 3 is 2.26 bits per heavy atom. The van der Waals surface area contributed by atoms with E-state index in [0.29, 0.717) is 4.47 Å². The zero-order valence-corrected chi connectivity index (χ0v) is 20.2. The summed E-state index contributed by atoms with van der Waals surface area (Å²) in [5, 5.41) is 13.9. The normalized spacial score (nSPS) is 11.9. The molecule has 0 bridgehead atoms. The van der Waals surface area contributed by atoms with E-state index in [1.165, 1.54) is 0 Å². The zero-order valence-electron chi connectivity index (χ0n) is 18.6. The van der Waals surface area contributed by atoms with E-state index in [4.69, 9.17) is 14.6 Å². The number of nitrogens with one attached hydrogen (secondary N) is 2. The van der Waals surface area contributed by atoms with Crippen molar-refractivity contribution in [1.29, 1.82) is 0 Å². The van der Waals surface area contributed by atoms with Crippen LogP contribution in [-0.4, -0.2) is 49.4 Å². The Balaban J connectivity index is 1.39. The standard InChI is InChI=1S/C26H23BrN2O6/c27-16-9-10-21(25(32)28-11-12-34-15-24(30)31)23(13-16)29-26(33)35-14-22-19-7-3-1-5-17(19)18-6-2-4-8-20(18)22/h1-10,13,22H,11-12,14-15H2,(H,28,32)(H,29,33)(H,30,31). The number of carbonyl (C=O) groups is 3. The molecule has 4 rings (SSSR count). The van der Waals surface area contributed by atoms with Crippen molar-refractivity contribution in [2.45, 2.75) is 5.92 Å². The minimum atomic E-state index is -1.08. The molecule has 2 amide bonds. The van der Waals surface area contributed by atoms with Crippen LogP contribution in [0.25, 0.3) is 11.1 Å². The SMILES string of the molecule is O=C(O)COCCNC(=O)c1ccc(Br)cc1NC(=O)OCC1c2ccccc2-c2ccccc21. The second-order valence-electron chi connectivity index (χ2n) is 7.84. The molecule has 0 aromatic heterocycles. The molecule has 3 N–H and O–H groups in total. The van der Waals surface area contributed by atoms with Gasteiger partial charge in [0.2, 0.25) is 0 Å². The number of fused-ring (bicyclic) bond motifs is 3. The van der Waals surface area contributed by atoms with E-state index in [1.54, 1.807) is 18.2 Å². The lowest BCUT2D eigenvalue weighted by molar-refractivity contribution is -0.142. The maximum absolute atomic E-state index is 12.7. The van der Waals surface area contributed by atoms with E-state index < -0.39 is 24.6 Å². The molecule has 9 heteroatoms. The van der Waals surface area contributed by atoms with Crippen molar-refractivity contribution in [2.75, 3.05) is 31.7 Å². The van der Waals surface area contributed by atoms with Gasteiger partial charge in [-0.2, -0.15) is 0 Å². The summed E-state index contributed by atoms with van der Waals surface area (Å²) < 4.78 is 11.2. The predicted molar refractivity (Wildman–Crippen MR) is 134 cm³/mol. The summed E-state index contributed by atoms with van der Waals surface area (Å²) in [5.41, 5.74) is 4.99. The fourth-order valence-electron chi connectivity index (χ4n) is 4.05. The van der Waals surface area contributed by atoms with Crippen molar-refractivity contribution in [2.24, 2.45) is 0 Å². The van der Waals surface area contributed by atoms with Gasteiger partial charge in [0.25, 0.3) is 5.91 Å². The molecule has 0 heterocycles. The van der Waals surface area contributed by atoms with Crippen LogP contribution in [0.1, 0.15) is 27.4 Å². The highest BCUT2D eigenvalue weighted by atomic mass is 79.9. The summed E-state index contributed by atoms with van der Waals surface area (Å²) in [6, 6.07) is 21.0. The average Bonchev–Trinajstić information content (AvgIpc) is 3.16. The Kier molecular flexibility index (Phi) is 7.79. The Morgan fingerprint density at radius 2 is 1.60 bits per heavy atom. The monoisotopic (exact) mass is 538 g/mol. The molecule has 0 radical (unpaired) electrons. The van der Waals surface area contributed by atoms with Gasteiger partial charge in [0.15, 0.2) is 0 Å². The highest BCUT2D eigenvalue weighted by molar-refractivity contribution is 9.10. The van der Waals surface area contributed by atoms with Gasteiger partial charge in [0.1, 0.15) is 13.2 Å². The Morgan fingerprint density at radius 1 is 0.943 bits per heavy atom. The molecule has 0 saturated carbocycles.